The highest BCUT2D eigenvalue weighted by atomic mass is 19.1. The van der Waals surface area contributed by atoms with Gasteiger partial charge in [-0.25, -0.2) is 9.18 Å². The largest absolute Gasteiger partial charge is 0.493 e. The molecule has 2 N–H and O–H groups in total. The predicted octanol–water partition coefficient (Wildman–Crippen LogP) is 3.81. The molecule has 0 aliphatic carbocycles. The Labute approximate surface area is 171 Å². The minimum absolute atomic E-state index is 0.0644. The van der Waals surface area contributed by atoms with Crippen molar-refractivity contribution in [2.45, 2.75) is 12.3 Å². The molecule has 0 bridgehead atoms. The van der Waals surface area contributed by atoms with Gasteiger partial charge in [0.25, 0.3) is 0 Å². The lowest BCUT2D eigenvalue weighted by Gasteiger charge is -2.27. The third-order valence-electron chi connectivity index (χ3n) is 5.15. The summed E-state index contributed by atoms with van der Waals surface area (Å²) in [6.45, 7) is 0. The number of methoxy groups -OCH3 is 2. The summed E-state index contributed by atoms with van der Waals surface area (Å²) in [6.07, 6.45) is 1.46. The van der Waals surface area contributed by atoms with Gasteiger partial charge in [-0.05, 0) is 24.3 Å². The number of carbonyl (C=O) groups is 2. The number of hydrogen-bond donors (Lipinski definition) is 2. The summed E-state index contributed by atoms with van der Waals surface area (Å²) in [6, 6.07) is 11.1. The zero-order chi connectivity index (χ0) is 21.4. The van der Waals surface area contributed by atoms with Crippen LogP contribution < -0.4 is 14.8 Å². The number of aromatic carboxylic acids is 1. The van der Waals surface area contributed by atoms with Gasteiger partial charge in [-0.2, -0.15) is 0 Å². The molecule has 1 aliphatic rings. The zero-order valence-corrected chi connectivity index (χ0v) is 16.3. The summed E-state index contributed by atoms with van der Waals surface area (Å²) in [7, 11) is 3.01. The van der Waals surface area contributed by atoms with E-state index in [2.05, 4.69) is 5.32 Å². The molecule has 0 saturated heterocycles. The number of rotatable bonds is 5. The van der Waals surface area contributed by atoms with Crippen molar-refractivity contribution in [3.63, 3.8) is 0 Å². The van der Waals surface area contributed by atoms with Crippen molar-refractivity contribution in [2.75, 3.05) is 19.5 Å². The minimum atomic E-state index is -1.19. The van der Waals surface area contributed by atoms with E-state index in [4.69, 9.17) is 9.47 Å². The van der Waals surface area contributed by atoms with Crippen molar-refractivity contribution >= 4 is 17.6 Å². The van der Waals surface area contributed by atoms with Gasteiger partial charge in [0.1, 0.15) is 11.4 Å². The second-order valence-corrected chi connectivity index (χ2v) is 6.85. The van der Waals surface area contributed by atoms with E-state index in [-0.39, 0.29) is 23.6 Å². The average Bonchev–Trinajstić information content (AvgIpc) is 3.12. The van der Waals surface area contributed by atoms with E-state index in [1.54, 1.807) is 34.9 Å². The molecule has 0 unspecified atom stereocenters. The maximum atomic E-state index is 13.9. The molecule has 0 radical (unpaired) electrons. The summed E-state index contributed by atoms with van der Waals surface area (Å²) in [5.41, 5.74) is 1.76. The molecule has 1 amide bonds. The molecule has 2 aromatic carbocycles. The molecule has 1 atom stereocenters. The number of benzene rings is 2. The standard InChI is InChI=1S/C22H19FN2O5/c1-29-17-8-4-7-14(21(17)30-2)15-10-18(26)24-19-16(22(27)28)11-25(20(15)19)13-6-3-5-12(23)9-13/h3-9,11,15H,10H2,1-2H3,(H,24,26)(H,27,28)/t15-/m0/s1. The Morgan fingerprint density at radius 2 is 1.97 bits per heavy atom. The highest BCUT2D eigenvalue weighted by Gasteiger charge is 2.36. The van der Waals surface area contributed by atoms with Crippen LogP contribution in [0, 0.1) is 5.82 Å². The van der Waals surface area contributed by atoms with Crippen LogP contribution in [0.5, 0.6) is 11.5 Å². The number of aromatic nitrogens is 1. The predicted molar refractivity (Wildman–Crippen MR) is 107 cm³/mol. The van der Waals surface area contributed by atoms with E-state index in [1.807, 2.05) is 0 Å². The lowest BCUT2D eigenvalue weighted by Crippen LogP contribution is -2.26. The van der Waals surface area contributed by atoms with E-state index in [9.17, 15) is 19.1 Å². The van der Waals surface area contributed by atoms with Gasteiger partial charge in [0, 0.05) is 29.8 Å². The Kier molecular flexibility index (Phi) is 4.91. The van der Waals surface area contributed by atoms with Crippen molar-refractivity contribution < 1.29 is 28.6 Å². The summed E-state index contributed by atoms with van der Waals surface area (Å²) >= 11 is 0. The Morgan fingerprint density at radius 1 is 1.20 bits per heavy atom. The van der Waals surface area contributed by atoms with Gasteiger partial charge >= 0.3 is 5.97 Å². The number of para-hydroxylation sites is 1. The van der Waals surface area contributed by atoms with Crippen molar-refractivity contribution in [3.8, 4) is 17.2 Å². The molecule has 1 aromatic heterocycles. The van der Waals surface area contributed by atoms with Gasteiger partial charge in [-0.3, -0.25) is 4.79 Å². The molecule has 4 rings (SSSR count). The summed E-state index contributed by atoms with van der Waals surface area (Å²) in [4.78, 5) is 24.4. The molecule has 1 aliphatic heterocycles. The van der Waals surface area contributed by atoms with Crippen LogP contribution >= 0.6 is 0 Å². The van der Waals surface area contributed by atoms with Crippen molar-refractivity contribution in [1.82, 2.24) is 4.57 Å². The fourth-order valence-electron chi connectivity index (χ4n) is 3.91. The molecule has 0 fully saturated rings. The van der Waals surface area contributed by atoms with E-state index < -0.39 is 17.7 Å². The Balaban J connectivity index is 2.01. The van der Waals surface area contributed by atoms with Gasteiger partial charge in [0.05, 0.1) is 25.6 Å². The average molecular weight is 410 g/mol. The molecule has 30 heavy (non-hydrogen) atoms. The third kappa shape index (κ3) is 3.16. The molecule has 154 valence electrons. The number of anilines is 1. The highest BCUT2D eigenvalue weighted by Crippen LogP contribution is 2.46. The normalized spacial score (nSPS) is 15.3. The number of amides is 1. The fraction of sp³-hybridized carbons (Fsp3) is 0.182. The number of fused-ring (bicyclic) bond motifs is 1. The molecule has 0 spiro atoms. The van der Waals surface area contributed by atoms with Gasteiger partial charge in [0.2, 0.25) is 5.91 Å². The van der Waals surface area contributed by atoms with Crippen LogP contribution in [0.2, 0.25) is 0 Å². The summed E-state index contributed by atoms with van der Waals surface area (Å²) in [5, 5.41) is 12.4. The smallest absolute Gasteiger partial charge is 0.339 e. The van der Waals surface area contributed by atoms with Crippen molar-refractivity contribution in [2.24, 2.45) is 0 Å². The van der Waals surface area contributed by atoms with E-state index in [1.165, 1.54) is 32.5 Å². The molecular formula is C22H19FN2O5. The Bertz CT molecular complexity index is 1150. The monoisotopic (exact) mass is 410 g/mol. The number of nitrogens with zero attached hydrogens (tertiary/aromatic N) is 1. The first-order valence-corrected chi connectivity index (χ1v) is 9.19. The quantitative estimate of drug-likeness (QED) is 0.668. The Morgan fingerprint density at radius 3 is 2.63 bits per heavy atom. The molecule has 7 nitrogen and oxygen atoms in total. The number of carboxylic acid groups (broad SMARTS) is 1. The molecular weight excluding hydrogens is 391 g/mol. The second-order valence-electron chi connectivity index (χ2n) is 6.85. The number of ether oxygens (including phenoxy) is 2. The second kappa shape index (κ2) is 7.55. The van der Waals surface area contributed by atoms with Crippen LogP contribution in [0.4, 0.5) is 10.1 Å². The van der Waals surface area contributed by atoms with Gasteiger partial charge in [-0.1, -0.05) is 18.2 Å². The Hall–Kier alpha value is -3.81. The van der Waals surface area contributed by atoms with E-state index in [0.717, 1.165) is 0 Å². The lowest BCUT2D eigenvalue weighted by atomic mass is 9.87. The SMILES string of the molecule is COc1cccc([C@@H]2CC(=O)Nc3c(C(=O)O)cn(-c4cccc(F)c4)c32)c1OC. The van der Waals surface area contributed by atoms with Gasteiger partial charge in [0.15, 0.2) is 11.5 Å². The van der Waals surface area contributed by atoms with Crippen LogP contribution in [-0.2, 0) is 4.79 Å². The molecule has 3 aromatic rings. The third-order valence-corrected chi connectivity index (χ3v) is 5.15. The maximum absolute atomic E-state index is 13.9. The van der Waals surface area contributed by atoms with Gasteiger partial charge < -0.3 is 24.5 Å². The lowest BCUT2D eigenvalue weighted by molar-refractivity contribution is -0.116. The van der Waals surface area contributed by atoms with Crippen LogP contribution in [0.1, 0.15) is 34.0 Å². The number of carboxylic acids is 1. The van der Waals surface area contributed by atoms with Crippen molar-refractivity contribution in [1.29, 1.82) is 0 Å². The zero-order valence-electron chi connectivity index (χ0n) is 16.3. The number of carbonyl (C=O) groups excluding carboxylic acids is 1. The molecule has 8 heteroatoms. The maximum Gasteiger partial charge on any atom is 0.339 e. The first-order valence-electron chi connectivity index (χ1n) is 9.19. The van der Waals surface area contributed by atoms with Gasteiger partial charge in [-0.15, -0.1) is 0 Å². The highest BCUT2D eigenvalue weighted by molar-refractivity contribution is 6.04. The minimum Gasteiger partial charge on any atom is -0.493 e. The number of nitrogens with one attached hydrogen (secondary N) is 1. The summed E-state index contributed by atoms with van der Waals surface area (Å²) in [5.74, 6) is -1.56. The van der Waals surface area contributed by atoms with Crippen LogP contribution in [0.25, 0.3) is 5.69 Å². The van der Waals surface area contributed by atoms with Crippen LogP contribution in [0.3, 0.4) is 0 Å². The first-order chi connectivity index (χ1) is 14.4. The number of hydrogen-bond acceptors (Lipinski definition) is 4. The van der Waals surface area contributed by atoms with Crippen LogP contribution in [0.15, 0.2) is 48.7 Å². The first kappa shape index (κ1) is 19.5. The van der Waals surface area contributed by atoms with Crippen LogP contribution in [-0.4, -0.2) is 35.8 Å². The molecule has 2 heterocycles. The fourth-order valence-corrected chi connectivity index (χ4v) is 3.91. The number of halogens is 1. The summed E-state index contributed by atoms with van der Waals surface area (Å²) < 4.78 is 26.4. The van der Waals surface area contributed by atoms with Crippen molar-refractivity contribution in [3.05, 3.63) is 71.3 Å². The van der Waals surface area contributed by atoms with E-state index in [0.29, 0.717) is 28.4 Å². The van der Waals surface area contributed by atoms with E-state index >= 15 is 0 Å². The molecule has 0 saturated carbocycles. The topological polar surface area (TPSA) is 89.8 Å².